The number of nitrogens with zero attached hydrogens (tertiary/aromatic N) is 2. The van der Waals surface area contributed by atoms with E-state index < -0.39 is 0 Å². The third kappa shape index (κ3) is 3.43. The van der Waals surface area contributed by atoms with Crippen LogP contribution in [-0.4, -0.2) is 16.9 Å². The molecule has 0 bridgehead atoms. The Kier molecular flexibility index (Phi) is 4.96. The number of hydrogen-bond acceptors (Lipinski definition) is 3. The van der Waals surface area contributed by atoms with Gasteiger partial charge in [-0.05, 0) is 18.9 Å². The Labute approximate surface area is 113 Å². The van der Waals surface area contributed by atoms with Gasteiger partial charge < -0.3 is 5.43 Å². The van der Waals surface area contributed by atoms with Gasteiger partial charge in [-0.1, -0.05) is 37.3 Å². The van der Waals surface area contributed by atoms with E-state index >= 15 is 0 Å². The lowest BCUT2D eigenvalue weighted by atomic mass is 10.1. The zero-order valence-electron chi connectivity index (χ0n) is 10.4. The summed E-state index contributed by atoms with van der Waals surface area (Å²) in [4.78, 5) is 8.68. The van der Waals surface area contributed by atoms with Crippen LogP contribution >= 0.6 is 11.6 Å². The van der Waals surface area contributed by atoms with Gasteiger partial charge in [0.05, 0.1) is 11.1 Å². The predicted octanol–water partition coefficient (Wildman–Crippen LogP) is 2.67. The van der Waals surface area contributed by atoms with Crippen LogP contribution in [0.25, 0.3) is 0 Å². The quantitative estimate of drug-likeness (QED) is 0.284. The number of hydrazine groups is 1. The smallest absolute Gasteiger partial charge is 0.144 e. The summed E-state index contributed by atoms with van der Waals surface area (Å²) in [7, 11) is 0. The molecule has 0 aromatic carbocycles. The Bertz CT molecular complexity index is 411. The second-order valence-corrected chi connectivity index (χ2v) is 5.03. The standard InChI is InChI=1S/C13H19ClN4/c14-12-9-16-8-7-11(12)13(18-15)17-10-5-3-1-2-4-6-10/h7-10H,1-6,15H2,(H,17,18). The first-order valence-corrected chi connectivity index (χ1v) is 6.83. The summed E-state index contributed by atoms with van der Waals surface area (Å²) < 4.78 is 0. The molecule has 1 aromatic heterocycles. The molecule has 1 fully saturated rings. The van der Waals surface area contributed by atoms with Crippen molar-refractivity contribution >= 4 is 17.4 Å². The number of pyridine rings is 1. The van der Waals surface area contributed by atoms with E-state index in [0.717, 1.165) is 18.4 Å². The van der Waals surface area contributed by atoms with Crippen LogP contribution in [0, 0.1) is 0 Å². The summed E-state index contributed by atoms with van der Waals surface area (Å²) >= 11 is 6.11. The monoisotopic (exact) mass is 266 g/mol. The number of aromatic nitrogens is 1. The highest BCUT2D eigenvalue weighted by Gasteiger charge is 2.14. The lowest BCUT2D eigenvalue weighted by molar-refractivity contribution is 0.583. The molecule has 1 aromatic rings. The van der Waals surface area contributed by atoms with E-state index in [2.05, 4.69) is 10.4 Å². The Balaban J connectivity index is 2.19. The molecule has 18 heavy (non-hydrogen) atoms. The maximum absolute atomic E-state index is 6.11. The maximum atomic E-state index is 6.11. The minimum Gasteiger partial charge on any atom is -0.308 e. The largest absolute Gasteiger partial charge is 0.308 e. The average molecular weight is 267 g/mol. The van der Waals surface area contributed by atoms with E-state index in [9.17, 15) is 0 Å². The van der Waals surface area contributed by atoms with Crippen LogP contribution in [0.5, 0.6) is 0 Å². The number of hydrogen-bond donors (Lipinski definition) is 2. The van der Waals surface area contributed by atoms with Gasteiger partial charge in [0, 0.05) is 18.0 Å². The molecule has 0 saturated heterocycles. The normalized spacial score (nSPS) is 18.4. The summed E-state index contributed by atoms with van der Waals surface area (Å²) in [5, 5.41) is 0.572. The van der Waals surface area contributed by atoms with Crippen molar-refractivity contribution in [2.24, 2.45) is 10.8 Å². The Morgan fingerprint density at radius 3 is 2.67 bits per heavy atom. The van der Waals surface area contributed by atoms with E-state index in [4.69, 9.17) is 22.4 Å². The molecule has 0 amide bonds. The second-order valence-electron chi connectivity index (χ2n) is 4.62. The molecule has 0 spiro atoms. The molecule has 1 aliphatic rings. The lowest BCUT2D eigenvalue weighted by Gasteiger charge is -2.13. The fourth-order valence-electron chi connectivity index (χ4n) is 2.32. The van der Waals surface area contributed by atoms with Crippen molar-refractivity contribution in [1.29, 1.82) is 0 Å². The zero-order valence-corrected chi connectivity index (χ0v) is 11.2. The molecule has 0 radical (unpaired) electrons. The summed E-state index contributed by atoms with van der Waals surface area (Å²) in [6.07, 6.45) is 10.7. The van der Waals surface area contributed by atoms with Crippen LogP contribution in [-0.2, 0) is 0 Å². The van der Waals surface area contributed by atoms with Crippen LogP contribution in [0.1, 0.15) is 44.1 Å². The third-order valence-corrected chi connectivity index (χ3v) is 3.60. The highest BCUT2D eigenvalue weighted by Crippen LogP contribution is 2.21. The van der Waals surface area contributed by atoms with Crippen LogP contribution in [0.3, 0.4) is 0 Å². The second kappa shape index (κ2) is 6.71. The van der Waals surface area contributed by atoms with Gasteiger partial charge in [-0.25, -0.2) is 5.84 Å². The van der Waals surface area contributed by atoms with Gasteiger partial charge in [0.25, 0.3) is 0 Å². The lowest BCUT2D eigenvalue weighted by Crippen LogP contribution is -2.32. The van der Waals surface area contributed by atoms with Crippen molar-refractivity contribution in [2.45, 2.75) is 44.6 Å². The minimum atomic E-state index is 0.350. The van der Waals surface area contributed by atoms with Crippen LogP contribution in [0.4, 0.5) is 0 Å². The third-order valence-electron chi connectivity index (χ3n) is 3.30. The molecule has 2 rings (SSSR count). The molecule has 1 aliphatic carbocycles. The molecular weight excluding hydrogens is 248 g/mol. The van der Waals surface area contributed by atoms with E-state index in [1.807, 2.05) is 6.07 Å². The molecule has 0 unspecified atom stereocenters. The zero-order chi connectivity index (χ0) is 12.8. The van der Waals surface area contributed by atoms with E-state index in [-0.39, 0.29) is 0 Å². The van der Waals surface area contributed by atoms with Gasteiger partial charge in [-0.15, -0.1) is 0 Å². The van der Waals surface area contributed by atoms with Gasteiger partial charge >= 0.3 is 0 Å². The first-order valence-electron chi connectivity index (χ1n) is 6.45. The van der Waals surface area contributed by atoms with E-state index in [1.165, 1.54) is 25.7 Å². The average Bonchev–Trinajstić information content (AvgIpc) is 2.65. The molecule has 4 nitrogen and oxygen atoms in total. The molecular formula is C13H19ClN4. The fraction of sp³-hybridized carbons (Fsp3) is 0.538. The first-order chi connectivity index (χ1) is 8.81. The number of aliphatic imine (C=N–C) groups is 1. The Morgan fingerprint density at radius 1 is 1.33 bits per heavy atom. The van der Waals surface area contributed by atoms with E-state index in [0.29, 0.717) is 16.9 Å². The molecule has 0 aliphatic heterocycles. The van der Waals surface area contributed by atoms with Gasteiger partial charge in [-0.3, -0.25) is 9.98 Å². The summed E-state index contributed by atoms with van der Waals surface area (Å²) in [6, 6.07) is 2.18. The minimum absolute atomic E-state index is 0.350. The topological polar surface area (TPSA) is 63.3 Å². The molecule has 5 heteroatoms. The van der Waals surface area contributed by atoms with Gasteiger partial charge in [0.15, 0.2) is 0 Å². The van der Waals surface area contributed by atoms with Crippen LogP contribution in [0.15, 0.2) is 23.5 Å². The van der Waals surface area contributed by atoms with Crippen molar-refractivity contribution in [3.63, 3.8) is 0 Å². The molecule has 3 N–H and O–H groups in total. The summed E-state index contributed by atoms with van der Waals surface area (Å²) in [5.74, 6) is 6.23. The summed E-state index contributed by atoms with van der Waals surface area (Å²) in [6.45, 7) is 0. The molecule has 1 heterocycles. The van der Waals surface area contributed by atoms with Gasteiger partial charge in [0.1, 0.15) is 5.84 Å². The van der Waals surface area contributed by atoms with Crippen molar-refractivity contribution in [3.8, 4) is 0 Å². The summed E-state index contributed by atoms with van der Waals surface area (Å²) in [5.41, 5.74) is 3.48. The van der Waals surface area contributed by atoms with Crippen molar-refractivity contribution in [3.05, 3.63) is 29.0 Å². The van der Waals surface area contributed by atoms with Crippen molar-refractivity contribution in [2.75, 3.05) is 0 Å². The highest BCUT2D eigenvalue weighted by molar-refractivity contribution is 6.33. The molecule has 1 saturated carbocycles. The number of nitrogens with one attached hydrogen (secondary N) is 1. The van der Waals surface area contributed by atoms with E-state index in [1.54, 1.807) is 12.4 Å². The Morgan fingerprint density at radius 2 is 2.06 bits per heavy atom. The Hall–Kier alpha value is -1.13. The fourth-order valence-corrected chi connectivity index (χ4v) is 2.53. The molecule has 0 atom stereocenters. The molecule has 98 valence electrons. The van der Waals surface area contributed by atoms with Gasteiger partial charge in [0.2, 0.25) is 0 Å². The first kappa shape index (κ1) is 13.3. The highest BCUT2D eigenvalue weighted by atomic mass is 35.5. The predicted molar refractivity (Wildman–Crippen MR) is 74.6 cm³/mol. The van der Waals surface area contributed by atoms with Crippen LogP contribution in [0.2, 0.25) is 5.02 Å². The van der Waals surface area contributed by atoms with Crippen LogP contribution < -0.4 is 11.3 Å². The van der Waals surface area contributed by atoms with Crippen molar-refractivity contribution < 1.29 is 0 Å². The van der Waals surface area contributed by atoms with Crippen molar-refractivity contribution in [1.82, 2.24) is 10.4 Å². The number of halogens is 1. The maximum Gasteiger partial charge on any atom is 0.144 e. The number of rotatable bonds is 2. The van der Waals surface area contributed by atoms with Gasteiger partial charge in [-0.2, -0.15) is 0 Å². The number of amidine groups is 1. The SMILES string of the molecule is NNC(=NC1CCCCCC1)c1ccncc1Cl. The number of nitrogens with two attached hydrogens (primary N) is 1.